The molecule has 4 heterocycles. The average molecular weight is 472 g/mol. The number of imidazole rings is 1. The monoisotopic (exact) mass is 472 g/mol. The van der Waals surface area contributed by atoms with E-state index >= 15 is 0 Å². The Hall–Kier alpha value is -4.73. The normalized spacial score (nSPS) is 11.1. The third-order valence-corrected chi connectivity index (χ3v) is 5.28. The lowest BCUT2D eigenvalue weighted by molar-refractivity contribution is -0.142. The van der Waals surface area contributed by atoms with Crippen LogP contribution in [0.4, 0.5) is 14.6 Å². The van der Waals surface area contributed by atoms with Gasteiger partial charge in [-0.05, 0) is 48.0 Å². The Balaban J connectivity index is 1.71. The molecule has 5 aromatic rings. The van der Waals surface area contributed by atoms with Crippen LogP contribution in [0.1, 0.15) is 12.5 Å². The summed E-state index contributed by atoms with van der Waals surface area (Å²) in [7, 11) is 0. The van der Waals surface area contributed by atoms with Gasteiger partial charge in [0.05, 0.1) is 23.1 Å². The van der Waals surface area contributed by atoms with Crippen LogP contribution in [-0.4, -0.2) is 30.5 Å². The number of nitrogens with zero attached hydrogens (tertiary/aromatic N) is 5. The summed E-state index contributed by atoms with van der Waals surface area (Å²) in [6, 6.07) is 14.6. The fraction of sp³-hybridized carbons (Fsp3) is 0.0800. The minimum absolute atomic E-state index is 0.0199. The molecule has 5 rings (SSSR count). The third kappa shape index (κ3) is 4.29. The van der Waals surface area contributed by atoms with Gasteiger partial charge in [0.15, 0.2) is 11.5 Å². The summed E-state index contributed by atoms with van der Waals surface area (Å²) in [5.74, 6) is -1.23. The van der Waals surface area contributed by atoms with Gasteiger partial charge >= 0.3 is 5.97 Å². The maximum atomic E-state index is 14.9. The molecule has 2 N–H and O–H groups in total. The predicted octanol–water partition coefficient (Wildman–Crippen LogP) is 4.47. The average Bonchev–Trinajstić information content (AvgIpc) is 3.21. The number of hydrogen-bond acceptors (Lipinski definition) is 7. The number of rotatable bonds is 5. The van der Waals surface area contributed by atoms with E-state index in [4.69, 9.17) is 15.5 Å². The van der Waals surface area contributed by atoms with E-state index in [-0.39, 0.29) is 29.8 Å². The van der Waals surface area contributed by atoms with Crippen molar-refractivity contribution in [1.82, 2.24) is 24.5 Å². The van der Waals surface area contributed by atoms with Gasteiger partial charge in [-0.3, -0.25) is 14.3 Å². The maximum Gasteiger partial charge on any atom is 0.302 e. The van der Waals surface area contributed by atoms with Crippen LogP contribution >= 0.6 is 0 Å². The maximum absolute atomic E-state index is 14.9. The highest BCUT2D eigenvalue weighted by molar-refractivity contribution is 5.84. The number of fused-ring (bicyclic) bond motifs is 1. The lowest BCUT2D eigenvalue weighted by Gasteiger charge is -2.12. The molecule has 10 heteroatoms. The standard InChI is InChI=1S/C25H18F2N6O2/c1-14(34)35-13-15-2-5-17(6-3-15)33-24-21(32-25(33)22-18(27)10-11-29-23(22)28)9-8-20(31-24)19-7-4-16(26)12-30-19/h2-12H,13H2,1H3,(H2,28,29). The van der Waals surface area contributed by atoms with Gasteiger partial charge in [-0.15, -0.1) is 0 Å². The van der Waals surface area contributed by atoms with E-state index in [2.05, 4.69) is 15.0 Å². The van der Waals surface area contributed by atoms with E-state index in [1.807, 2.05) is 0 Å². The number of carbonyl (C=O) groups is 1. The summed E-state index contributed by atoms with van der Waals surface area (Å²) >= 11 is 0. The Kier molecular flexibility index (Phi) is 5.61. The molecule has 0 spiro atoms. The van der Waals surface area contributed by atoms with E-state index in [0.717, 1.165) is 11.8 Å². The SMILES string of the molecule is CC(=O)OCc1ccc(-n2c(-c3c(F)ccnc3N)nc3ccc(-c4ccc(F)cn4)nc32)cc1. The second kappa shape index (κ2) is 8.90. The van der Waals surface area contributed by atoms with E-state index < -0.39 is 11.6 Å². The van der Waals surface area contributed by atoms with Crippen LogP contribution in [0.2, 0.25) is 0 Å². The zero-order valence-corrected chi connectivity index (χ0v) is 18.4. The number of pyridine rings is 3. The van der Waals surface area contributed by atoms with E-state index in [1.54, 1.807) is 41.0 Å². The van der Waals surface area contributed by atoms with Crippen molar-refractivity contribution in [2.45, 2.75) is 13.5 Å². The molecule has 4 aromatic heterocycles. The summed E-state index contributed by atoms with van der Waals surface area (Å²) in [4.78, 5) is 28.6. The fourth-order valence-electron chi connectivity index (χ4n) is 3.64. The van der Waals surface area contributed by atoms with Crippen LogP contribution < -0.4 is 5.73 Å². The lowest BCUT2D eigenvalue weighted by Crippen LogP contribution is -2.05. The minimum Gasteiger partial charge on any atom is -0.461 e. The molecule has 0 fully saturated rings. The zero-order chi connectivity index (χ0) is 24.5. The third-order valence-electron chi connectivity index (χ3n) is 5.28. The van der Waals surface area contributed by atoms with Gasteiger partial charge in [0.25, 0.3) is 0 Å². The first-order valence-corrected chi connectivity index (χ1v) is 10.5. The number of aromatic nitrogens is 5. The molecule has 0 aliphatic heterocycles. The Morgan fingerprint density at radius 2 is 1.74 bits per heavy atom. The van der Waals surface area contributed by atoms with Crippen molar-refractivity contribution >= 4 is 23.0 Å². The highest BCUT2D eigenvalue weighted by Gasteiger charge is 2.22. The van der Waals surface area contributed by atoms with Crippen LogP contribution in [0.15, 0.2) is 67.0 Å². The minimum atomic E-state index is -0.582. The first kappa shape index (κ1) is 22.1. The number of esters is 1. The van der Waals surface area contributed by atoms with Crippen LogP contribution in [0.3, 0.4) is 0 Å². The zero-order valence-electron chi connectivity index (χ0n) is 18.4. The smallest absolute Gasteiger partial charge is 0.302 e. The number of nitrogen functional groups attached to an aromatic ring is 1. The molecular weight excluding hydrogens is 454 g/mol. The molecule has 0 aliphatic rings. The molecule has 0 saturated heterocycles. The van der Waals surface area contributed by atoms with Crippen LogP contribution in [0, 0.1) is 11.6 Å². The van der Waals surface area contributed by atoms with Gasteiger partial charge in [0, 0.05) is 18.8 Å². The molecule has 0 amide bonds. The van der Waals surface area contributed by atoms with Crippen molar-refractivity contribution in [2.75, 3.05) is 5.73 Å². The second-order valence-electron chi connectivity index (χ2n) is 7.67. The summed E-state index contributed by atoms with van der Waals surface area (Å²) in [5.41, 5.74) is 9.30. The van der Waals surface area contributed by atoms with E-state index in [1.165, 1.54) is 31.3 Å². The molecule has 1 aromatic carbocycles. The van der Waals surface area contributed by atoms with Crippen molar-refractivity contribution < 1.29 is 18.3 Å². The van der Waals surface area contributed by atoms with Crippen molar-refractivity contribution in [3.05, 3.63) is 84.2 Å². The molecule has 0 bridgehead atoms. The number of carbonyl (C=O) groups excluding carboxylic acids is 1. The fourth-order valence-corrected chi connectivity index (χ4v) is 3.64. The first-order valence-electron chi connectivity index (χ1n) is 10.5. The molecule has 0 aliphatic carbocycles. The highest BCUT2D eigenvalue weighted by atomic mass is 19.1. The second-order valence-corrected chi connectivity index (χ2v) is 7.67. The Morgan fingerprint density at radius 1 is 0.971 bits per heavy atom. The highest BCUT2D eigenvalue weighted by Crippen LogP contribution is 2.33. The number of nitrogens with two attached hydrogens (primary N) is 1. The molecule has 0 unspecified atom stereocenters. The van der Waals surface area contributed by atoms with Crippen LogP contribution in [0.25, 0.3) is 39.6 Å². The van der Waals surface area contributed by atoms with Gasteiger partial charge in [-0.25, -0.2) is 23.7 Å². The van der Waals surface area contributed by atoms with Gasteiger partial charge in [-0.1, -0.05) is 12.1 Å². The van der Waals surface area contributed by atoms with Crippen molar-refractivity contribution in [3.8, 4) is 28.5 Å². The molecule has 174 valence electrons. The number of hydrogen-bond donors (Lipinski definition) is 1. The molecule has 0 saturated carbocycles. The number of halogens is 2. The summed E-state index contributed by atoms with van der Waals surface area (Å²) < 4.78 is 35.0. The molecule has 0 atom stereocenters. The predicted molar refractivity (Wildman–Crippen MR) is 125 cm³/mol. The largest absolute Gasteiger partial charge is 0.461 e. The Bertz CT molecular complexity index is 1530. The molecule has 0 radical (unpaired) electrons. The van der Waals surface area contributed by atoms with Crippen molar-refractivity contribution in [1.29, 1.82) is 0 Å². The molecule has 8 nitrogen and oxygen atoms in total. The summed E-state index contributed by atoms with van der Waals surface area (Å²) in [5, 5.41) is 0. The first-order chi connectivity index (χ1) is 16.9. The van der Waals surface area contributed by atoms with Crippen LogP contribution in [-0.2, 0) is 16.1 Å². The van der Waals surface area contributed by atoms with E-state index in [0.29, 0.717) is 28.2 Å². The topological polar surface area (TPSA) is 109 Å². The number of ether oxygens (including phenoxy) is 1. The van der Waals surface area contributed by atoms with Gasteiger partial charge in [-0.2, -0.15) is 0 Å². The Morgan fingerprint density at radius 3 is 2.43 bits per heavy atom. The van der Waals surface area contributed by atoms with Crippen LogP contribution in [0.5, 0.6) is 0 Å². The molecule has 35 heavy (non-hydrogen) atoms. The van der Waals surface area contributed by atoms with Gasteiger partial charge in [0.2, 0.25) is 0 Å². The molecular formula is C25H18F2N6O2. The van der Waals surface area contributed by atoms with Crippen molar-refractivity contribution in [2.24, 2.45) is 0 Å². The lowest BCUT2D eigenvalue weighted by atomic mass is 10.2. The quantitative estimate of drug-likeness (QED) is 0.376. The number of anilines is 1. The summed E-state index contributed by atoms with van der Waals surface area (Å²) in [6.07, 6.45) is 2.39. The Labute approximate surface area is 198 Å². The van der Waals surface area contributed by atoms with E-state index in [9.17, 15) is 13.6 Å². The van der Waals surface area contributed by atoms with Crippen molar-refractivity contribution in [3.63, 3.8) is 0 Å². The summed E-state index contributed by atoms with van der Waals surface area (Å²) in [6.45, 7) is 1.46. The number of benzene rings is 1. The van der Waals surface area contributed by atoms with Gasteiger partial charge < -0.3 is 10.5 Å². The van der Waals surface area contributed by atoms with Gasteiger partial charge in [0.1, 0.15) is 29.6 Å².